The van der Waals surface area contributed by atoms with Crippen molar-refractivity contribution < 1.29 is 9.59 Å². The summed E-state index contributed by atoms with van der Waals surface area (Å²) in [5.41, 5.74) is 0. The SMILES string of the molecule is CNC(=O)C[C@H]1CC[C@@H](CNC(=O)CN2CCN(c3ncccn3)CC2)N1C. The Kier molecular flexibility index (Phi) is 7.16. The molecule has 0 aromatic carbocycles. The zero-order valence-corrected chi connectivity index (χ0v) is 16.8. The first kappa shape index (κ1) is 20.5. The maximum Gasteiger partial charge on any atom is 0.234 e. The van der Waals surface area contributed by atoms with Crippen LogP contribution in [0.1, 0.15) is 19.3 Å². The van der Waals surface area contributed by atoms with Crippen molar-refractivity contribution in [3.05, 3.63) is 18.5 Å². The van der Waals surface area contributed by atoms with Crippen LogP contribution in [-0.2, 0) is 9.59 Å². The highest BCUT2D eigenvalue weighted by Gasteiger charge is 2.31. The summed E-state index contributed by atoms with van der Waals surface area (Å²) >= 11 is 0. The Balaban J connectivity index is 1.36. The molecule has 3 rings (SSSR count). The number of nitrogens with one attached hydrogen (secondary N) is 2. The van der Waals surface area contributed by atoms with Gasteiger partial charge in [-0.2, -0.15) is 0 Å². The van der Waals surface area contributed by atoms with Crippen LogP contribution in [0.25, 0.3) is 0 Å². The zero-order valence-electron chi connectivity index (χ0n) is 16.8. The molecule has 2 amide bonds. The lowest BCUT2D eigenvalue weighted by Gasteiger charge is -2.34. The predicted molar refractivity (Wildman–Crippen MR) is 107 cm³/mol. The molecule has 2 saturated heterocycles. The lowest BCUT2D eigenvalue weighted by Crippen LogP contribution is -2.51. The van der Waals surface area contributed by atoms with Gasteiger partial charge in [0.15, 0.2) is 0 Å². The van der Waals surface area contributed by atoms with E-state index in [1.807, 2.05) is 13.1 Å². The largest absolute Gasteiger partial charge is 0.359 e. The van der Waals surface area contributed by atoms with Crippen molar-refractivity contribution >= 4 is 17.8 Å². The maximum atomic E-state index is 12.4. The summed E-state index contributed by atoms with van der Waals surface area (Å²) in [7, 11) is 3.71. The first-order valence-corrected chi connectivity index (χ1v) is 10.0. The average molecular weight is 390 g/mol. The van der Waals surface area contributed by atoms with Crippen molar-refractivity contribution in [2.75, 3.05) is 58.3 Å². The van der Waals surface area contributed by atoms with Gasteiger partial charge in [0.25, 0.3) is 0 Å². The van der Waals surface area contributed by atoms with Gasteiger partial charge in [-0.3, -0.25) is 19.4 Å². The third-order valence-electron chi connectivity index (χ3n) is 5.79. The normalized spacial score (nSPS) is 23.6. The fourth-order valence-corrected chi connectivity index (χ4v) is 3.95. The second-order valence-corrected chi connectivity index (χ2v) is 7.54. The second kappa shape index (κ2) is 9.79. The van der Waals surface area contributed by atoms with E-state index in [1.54, 1.807) is 19.4 Å². The molecule has 0 spiro atoms. The smallest absolute Gasteiger partial charge is 0.234 e. The van der Waals surface area contributed by atoms with Crippen LogP contribution in [0.3, 0.4) is 0 Å². The van der Waals surface area contributed by atoms with E-state index in [9.17, 15) is 9.59 Å². The highest BCUT2D eigenvalue weighted by atomic mass is 16.2. The van der Waals surface area contributed by atoms with Crippen LogP contribution in [0.5, 0.6) is 0 Å². The first-order valence-electron chi connectivity index (χ1n) is 10.0. The van der Waals surface area contributed by atoms with Gasteiger partial charge in [0.2, 0.25) is 17.8 Å². The van der Waals surface area contributed by atoms with Crippen molar-refractivity contribution in [1.82, 2.24) is 30.4 Å². The Hall–Kier alpha value is -2.26. The maximum absolute atomic E-state index is 12.4. The quantitative estimate of drug-likeness (QED) is 0.638. The lowest BCUT2D eigenvalue weighted by molar-refractivity contribution is -0.123. The Morgan fingerprint density at radius 3 is 2.43 bits per heavy atom. The third kappa shape index (κ3) is 5.39. The molecule has 0 saturated carbocycles. The number of aromatic nitrogens is 2. The van der Waals surface area contributed by atoms with Gasteiger partial charge in [-0.05, 0) is 26.0 Å². The molecule has 154 valence electrons. The van der Waals surface area contributed by atoms with E-state index in [0.29, 0.717) is 25.6 Å². The minimum atomic E-state index is 0.0626. The van der Waals surface area contributed by atoms with Crippen molar-refractivity contribution in [3.63, 3.8) is 0 Å². The van der Waals surface area contributed by atoms with Crippen LogP contribution in [0.4, 0.5) is 5.95 Å². The second-order valence-electron chi connectivity index (χ2n) is 7.54. The minimum absolute atomic E-state index is 0.0626. The summed E-state index contributed by atoms with van der Waals surface area (Å²) < 4.78 is 0. The number of hydrogen-bond donors (Lipinski definition) is 2. The molecular weight excluding hydrogens is 358 g/mol. The van der Waals surface area contributed by atoms with Gasteiger partial charge in [0.05, 0.1) is 6.54 Å². The van der Waals surface area contributed by atoms with Gasteiger partial charge in [-0.25, -0.2) is 9.97 Å². The van der Waals surface area contributed by atoms with E-state index in [0.717, 1.165) is 45.0 Å². The number of amides is 2. The van der Waals surface area contributed by atoms with E-state index in [1.165, 1.54) is 0 Å². The minimum Gasteiger partial charge on any atom is -0.359 e. The number of carbonyl (C=O) groups is 2. The summed E-state index contributed by atoms with van der Waals surface area (Å²) in [4.78, 5) is 39.1. The van der Waals surface area contributed by atoms with Gasteiger partial charge < -0.3 is 15.5 Å². The molecule has 0 radical (unpaired) electrons. The van der Waals surface area contributed by atoms with Gasteiger partial charge in [0.1, 0.15) is 0 Å². The number of anilines is 1. The molecular formula is C19H31N7O2. The number of likely N-dealkylation sites (tertiary alicyclic amines) is 1. The van der Waals surface area contributed by atoms with Crippen LogP contribution in [0.15, 0.2) is 18.5 Å². The van der Waals surface area contributed by atoms with Crippen molar-refractivity contribution in [3.8, 4) is 0 Å². The molecule has 0 aliphatic carbocycles. The van der Waals surface area contributed by atoms with Crippen molar-refractivity contribution in [2.45, 2.75) is 31.3 Å². The van der Waals surface area contributed by atoms with Gasteiger partial charge in [-0.15, -0.1) is 0 Å². The summed E-state index contributed by atoms with van der Waals surface area (Å²) in [5, 5.41) is 5.76. The molecule has 2 N–H and O–H groups in total. The van der Waals surface area contributed by atoms with Gasteiger partial charge in [0, 0.05) is 70.7 Å². The van der Waals surface area contributed by atoms with Gasteiger partial charge in [-0.1, -0.05) is 0 Å². The first-order chi connectivity index (χ1) is 13.6. The van der Waals surface area contributed by atoms with Gasteiger partial charge >= 0.3 is 0 Å². The molecule has 28 heavy (non-hydrogen) atoms. The monoisotopic (exact) mass is 389 g/mol. The predicted octanol–water partition coefficient (Wildman–Crippen LogP) is -0.686. The van der Waals surface area contributed by atoms with Crippen molar-refractivity contribution in [1.29, 1.82) is 0 Å². The van der Waals surface area contributed by atoms with Crippen LogP contribution < -0.4 is 15.5 Å². The lowest BCUT2D eigenvalue weighted by atomic mass is 10.1. The number of likely N-dealkylation sites (N-methyl/N-ethyl adjacent to an activating group) is 1. The summed E-state index contributed by atoms with van der Waals surface area (Å²) in [5.74, 6) is 0.885. The van der Waals surface area contributed by atoms with E-state index in [2.05, 4.69) is 35.3 Å². The van der Waals surface area contributed by atoms with E-state index >= 15 is 0 Å². The van der Waals surface area contributed by atoms with Crippen molar-refractivity contribution in [2.24, 2.45) is 0 Å². The summed E-state index contributed by atoms with van der Waals surface area (Å²) in [6, 6.07) is 2.37. The fraction of sp³-hybridized carbons (Fsp3) is 0.684. The highest BCUT2D eigenvalue weighted by Crippen LogP contribution is 2.24. The molecule has 2 atom stereocenters. The van der Waals surface area contributed by atoms with Crippen LogP contribution in [0, 0.1) is 0 Å². The van der Waals surface area contributed by atoms with Crippen LogP contribution in [0.2, 0.25) is 0 Å². The zero-order chi connectivity index (χ0) is 19.9. The summed E-state index contributed by atoms with van der Waals surface area (Å²) in [6.45, 7) is 4.35. The Morgan fingerprint density at radius 1 is 1.07 bits per heavy atom. The van der Waals surface area contributed by atoms with E-state index in [-0.39, 0.29) is 17.9 Å². The van der Waals surface area contributed by atoms with Crippen LogP contribution >= 0.6 is 0 Å². The molecule has 3 heterocycles. The summed E-state index contributed by atoms with van der Waals surface area (Å²) in [6.07, 6.45) is 6.03. The molecule has 0 bridgehead atoms. The van der Waals surface area contributed by atoms with E-state index < -0.39 is 0 Å². The molecule has 2 aliphatic heterocycles. The van der Waals surface area contributed by atoms with Crippen LogP contribution in [-0.4, -0.2) is 97.0 Å². The molecule has 0 unspecified atom stereocenters. The fourth-order valence-electron chi connectivity index (χ4n) is 3.95. The Bertz CT molecular complexity index is 649. The molecule has 9 heteroatoms. The average Bonchev–Trinajstić information content (AvgIpc) is 3.07. The van der Waals surface area contributed by atoms with E-state index in [4.69, 9.17) is 0 Å². The molecule has 1 aromatic rings. The number of piperazine rings is 1. The Labute approximate surface area is 166 Å². The molecule has 2 fully saturated rings. The number of nitrogens with zero attached hydrogens (tertiary/aromatic N) is 5. The standard InChI is InChI=1S/C19H31N7O2/c1-20-17(27)12-15-4-5-16(24(15)2)13-23-18(28)14-25-8-10-26(11-9-25)19-21-6-3-7-22-19/h3,6-7,15-16H,4-5,8-14H2,1-2H3,(H,20,27)(H,23,28)/t15-,16+/m1/s1. The highest BCUT2D eigenvalue weighted by molar-refractivity contribution is 5.78. The number of carbonyl (C=O) groups excluding carboxylic acids is 2. The number of rotatable bonds is 7. The molecule has 1 aromatic heterocycles. The molecule has 2 aliphatic rings. The topological polar surface area (TPSA) is 93.7 Å². The Morgan fingerprint density at radius 2 is 1.75 bits per heavy atom. The third-order valence-corrected chi connectivity index (χ3v) is 5.79. The number of hydrogen-bond acceptors (Lipinski definition) is 7. The molecule has 9 nitrogen and oxygen atoms in total.